The molecule has 0 saturated heterocycles. The van der Waals surface area contributed by atoms with E-state index in [9.17, 15) is 4.79 Å². The minimum Gasteiger partial charge on any atom is -0.324 e. The van der Waals surface area contributed by atoms with Crippen molar-refractivity contribution in [2.45, 2.75) is 19.5 Å². The molecule has 0 bridgehead atoms. The molecule has 6 heteroatoms. The maximum Gasteiger partial charge on any atom is 0.247 e. The predicted molar refractivity (Wildman–Crippen MR) is 105 cm³/mol. The topological polar surface area (TPSA) is 50.2 Å². The number of hydrogen-bond donors (Lipinski definition) is 1. The number of rotatable bonds is 5. The zero-order valence-electron chi connectivity index (χ0n) is 14.5. The molecule has 0 saturated carbocycles. The van der Waals surface area contributed by atoms with Crippen molar-refractivity contribution in [2.24, 2.45) is 0 Å². The molecule has 25 heavy (non-hydrogen) atoms. The standard InChI is InChI=1S/C19H21BrN4O/c1-13(19(25)21-15-10-8-14(20)9-11-15)24-17-7-5-4-6-16(17)22-18(24)12-23(2)3/h4-11,13H,12H2,1-3H3,(H,21,25). The molecule has 2 aromatic carbocycles. The smallest absolute Gasteiger partial charge is 0.247 e. The van der Waals surface area contributed by atoms with Crippen LogP contribution in [0.1, 0.15) is 18.8 Å². The van der Waals surface area contributed by atoms with Gasteiger partial charge in [0.05, 0.1) is 17.6 Å². The normalized spacial score (nSPS) is 12.5. The van der Waals surface area contributed by atoms with E-state index in [0.717, 1.165) is 27.0 Å². The highest BCUT2D eigenvalue weighted by Gasteiger charge is 2.21. The molecule has 1 N–H and O–H groups in total. The minimum absolute atomic E-state index is 0.0644. The largest absolute Gasteiger partial charge is 0.324 e. The van der Waals surface area contributed by atoms with Crippen LogP contribution < -0.4 is 5.32 Å². The second-order valence-electron chi connectivity index (χ2n) is 6.30. The van der Waals surface area contributed by atoms with Gasteiger partial charge in [0.2, 0.25) is 5.91 Å². The van der Waals surface area contributed by atoms with Crippen LogP contribution in [0.4, 0.5) is 5.69 Å². The van der Waals surface area contributed by atoms with Crippen molar-refractivity contribution in [1.29, 1.82) is 0 Å². The van der Waals surface area contributed by atoms with Crippen molar-refractivity contribution < 1.29 is 4.79 Å². The molecule has 0 aliphatic carbocycles. The fourth-order valence-corrected chi connectivity index (χ4v) is 3.08. The Hall–Kier alpha value is -2.18. The average molecular weight is 401 g/mol. The molecule has 3 rings (SSSR count). The van der Waals surface area contributed by atoms with Crippen LogP contribution in [0.15, 0.2) is 53.0 Å². The number of aromatic nitrogens is 2. The van der Waals surface area contributed by atoms with Crippen LogP contribution in [0.5, 0.6) is 0 Å². The van der Waals surface area contributed by atoms with Gasteiger partial charge in [-0.1, -0.05) is 28.1 Å². The van der Waals surface area contributed by atoms with Gasteiger partial charge in [0.15, 0.2) is 0 Å². The monoisotopic (exact) mass is 400 g/mol. The molecule has 1 amide bonds. The molecule has 1 heterocycles. The summed E-state index contributed by atoms with van der Waals surface area (Å²) in [7, 11) is 3.99. The van der Waals surface area contributed by atoms with Crippen LogP contribution in [0, 0.1) is 0 Å². The van der Waals surface area contributed by atoms with E-state index in [1.807, 2.05) is 74.1 Å². The van der Waals surface area contributed by atoms with Gasteiger partial charge in [-0.25, -0.2) is 4.98 Å². The third-order valence-corrected chi connectivity index (χ3v) is 4.53. The lowest BCUT2D eigenvalue weighted by molar-refractivity contribution is -0.118. The van der Waals surface area contributed by atoms with Gasteiger partial charge in [-0.15, -0.1) is 0 Å². The van der Waals surface area contributed by atoms with E-state index in [-0.39, 0.29) is 11.9 Å². The Labute approximate surface area is 155 Å². The summed E-state index contributed by atoms with van der Waals surface area (Å²) in [5, 5.41) is 2.98. The lowest BCUT2D eigenvalue weighted by atomic mass is 10.2. The second kappa shape index (κ2) is 7.37. The van der Waals surface area contributed by atoms with Crippen LogP contribution in [0.3, 0.4) is 0 Å². The van der Waals surface area contributed by atoms with E-state index >= 15 is 0 Å². The maximum atomic E-state index is 12.8. The summed E-state index contributed by atoms with van der Waals surface area (Å²) in [6.07, 6.45) is 0. The van der Waals surface area contributed by atoms with Gasteiger partial charge < -0.3 is 14.8 Å². The summed E-state index contributed by atoms with van der Waals surface area (Å²) in [6.45, 7) is 2.58. The molecule has 0 aliphatic rings. The molecule has 5 nitrogen and oxygen atoms in total. The van der Waals surface area contributed by atoms with Gasteiger partial charge in [-0.3, -0.25) is 4.79 Å². The number of benzene rings is 2. The second-order valence-corrected chi connectivity index (χ2v) is 7.21. The summed E-state index contributed by atoms with van der Waals surface area (Å²) >= 11 is 3.40. The number of halogens is 1. The third-order valence-electron chi connectivity index (χ3n) is 4.01. The molecule has 3 aromatic rings. The van der Waals surface area contributed by atoms with Crippen molar-refractivity contribution in [3.63, 3.8) is 0 Å². The summed E-state index contributed by atoms with van der Waals surface area (Å²) in [5.74, 6) is 0.815. The van der Waals surface area contributed by atoms with E-state index in [4.69, 9.17) is 4.98 Å². The number of amides is 1. The first-order chi connectivity index (χ1) is 12.0. The predicted octanol–water partition coefficient (Wildman–Crippen LogP) is 4.06. The number of nitrogens with one attached hydrogen (secondary N) is 1. The molecular weight excluding hydrogens is 380 g/mol. The molecule has 1 aromatic heterocycles. The molecule has 0 fully saturated rings. The number of para-hydroxylation sites is 2. The number of imidazole rings is 1. The van der Waals surface area contributed by atoms with Crippen LogP contribution in [0.25, 0.3) is 11.0 Å². The maximum absolute atomic E-state index is 12.8. The Kier molecular flexibility index (Phi) is 5.20. The van der Waals surface area contributed by atoms with Crippen molar-refractivity contribution in [2.75, 3.05) is 19.4 Å². The van der Waals surface area contributed by atoms with Gasteiger partial charge in [-0.05, 0) is 57.4 Å². The molecule has 0 spiro atoms. The fraction of sp³-hybridized carbons (Fsp3) is 0.263. The summed E-state index contributed by atoms with van der Waals surface area (Å²) in [4.78, 5) is 19.6. The Morgan fingerprint density at radius 3 is 2.56 bits per heavy atom. The number of carbonyl (C=O) groups is 1. The van der Waals surface area contributed by atoms with Crippen LogP contribution in [0.2, 0.25) is 0 Å². The molecule has 0 radical (unpaired) electrons. The number of anilines is 1. The Morgan fingerprint density at radius 2 is 1.88 bits per heavy atom. The lowest BCUT2D eigenvalue weighted by Crippen LogP contribution is -2.26. The van der Waals surface area contributed by atoms with E-state index in [0.29, 0.717) is 6.54 Å². The summed E-state index contributed by atoms with van der Waals surface area (Å²) < 4.78 is 3.00. The minimum atomic E-state index is -0.369. The van der Waals surface area contributed by atoms with Gasteiger partial charge in [0.25, 0.3) is 0 Å². The average Bonchev–Trinajstić information content (AvgIpc) is 2.93. The highest BCUT2D eigenvalue weighted by molar-refractivity contribution is 9.10. The van der Waals surface area contributed by atoms with Crippen molar-refractivity contribution in [3.05, 3.63) is 58.8 Å². The zero-order valence-corrected chi connectivity index (χ0v) is 16.1. The quantitative estimate of drug-likeness (QED) is 0.702. The van der Waals surface area contributed by atoms with Crippen LogP contribution >= 0.6 is 15.9 Å². The Balaban J connectivity index is 1.93. The number of fused-ring (bicyclic) bond motifs is 1. The number of hydrogen-bond acceptors (Lipinski definition) is 3. The first kappa shape index (κ1) is 17.6. The molecule has 1 atom stereocenters. The van der Waals surface area contributed by atoms with E-state index in [1.165, 1.54) is 0 Å². The SMILES string of the molecule is CC(C(=O)Nc1ccc(Br)cc1)n1c(CN(C)C)nc2ccccc21. The first-order valence-electron chi connectivity index (χ1n) is 8.12. The summed E-state index contributed by atoms with van der Waals surface area (Å²) in [6, 6.07) is 15.1. The lowest BCUT2D eigenvalue weighted by Gasteiger charge is -2.19. The van der Waals surface area contributed by atoms with Gasteiger partial charge in [-0.2, -0.15) is 0 Å². The molecule has 0 aliphatic heterocycles. The highest BCUT2D eigenvalue weighted by atomic mass is 79.9. The summed E-state index contributed by atoms with van der Waals surface area (Å²) in [5.41, 5.74) is 2.65. The molecule has 130 valence electrons. The number of carbonyl (C=O) groups excluding carboxylic acids is 1. The van der Waals surface area contributed by atoms with E-state index < -0.39 is 0 Å². The van der Waals surface area contributed by atoms with Gasteiger partial charge in [0, 0.05) is 10.2 Å². The zero-order chi connectivity index (χ0) is 18.0. The van der Waals surface area contributed by atoms with Crippen molar-refractivity contribution in [1.82, 2.24) is 14.5 Å². The van der Waals surface area contributed by atoms with Gasteiger partial charge >= 0.3 is 0 Å². The first-order valence-corrected chi connectivity index (χ1v) is 8.92. The van der Waals surface area contributed by atoms with Crippen molar-refractivity contribution >= 4 is 38.6 Å². The fourth-order valence-electron chi connectivity index (χ4n) is 2.82. The molecule has 1 unspecified atom stereocenters. The van der Waals surface area contributed by atoms with E-state index in [1.54, 1.807) is 0 Å². The van der Waals surface area contributed by atoms with Gasteiger partial charge in [0.1, 0.15) is 11.9 Å². The molecular formula is C19H21BrN4O. The Bertz CT molecular complexity index is 886. The highest BCUT2D eigenvalue weighted by Crippen LogP contribution is 2.23. The van der Waals surface area contributed by atoms with E-state index in [2.05, 4.69) is 26.1 Å². The third kappa shape index (κ3) is 3.91. The van der Waals surface area contributed by atoms with Crippen LogP contribution in [-0.2, 0) is 11.3 Å². The van der Waals surface area contributed by atoms with Crippen LogP contribution in [-0.4, -0.2) is 34.5 Å². The number of nitrogens with zero attached hydrogens (tertiary/aromatic N) is 3. The Morgan fingerprint density at radius 1 is 1.20 bits per heavy atom. The van der Waals surface area contributed by atoms with Crippen molar-refractivity contribution in [3.8, 4) is 0 Å².